The van der Waals surface area contributed by atoms with Crippen molar-refractivity contribution in [3.8, 4) is 0 Å². The van der Waals surface area contributed by atoms with E-state index in [0.717, 1.165) is 6.33 Å². The molecule has 0 aromatic carbocycles. The van der Waals surface area contributed by atoms with E-state index < -0.39 is 30.5 Å². The number of furan rings is 1. The molecule has 2 heterocycles. The van der Waals surface area contributed by atoms with E-state index in [-0.39, 0.29) is 22.4 Å². The minimum Gasteiger partial charge on any atom is -0.442 e. The van der Waals surface area contributed by atoms with E-state index in [1.165, 1.54) is 6.92 Å². The Morgan fingerprint density at radius 2 is 2.30 bits per heavy atom. The first-order valence-corrected chi connectivity index (χ1v) is 5.68. The molecule has 20 heavy (non-hydrogen) atoms. The van der Waals surface area contributed by atoms with E-state index in [4.69, 9.17) is 10.2 Å². The molecule has 2 aromatic heterocycles. The van der Waals surface area contributed by atoms with Crippen LogP contribution in [0.2, 0.25) is 0 Å². The Kier molecular flexibility index (Phi) is 3.53. The lowest BCUT2D eigenvalue weighted by Crippen LogP contribution is -2.41. The third kappa shape index (κ3) is 2.52. The second-order valence-corrected chi connectivity index (χ2v) is 4.19. The van der Waals surface area contributed by atoms with Gasteiger partial charge in [-0.15, -0.1) is 0 Å². The highest BCUT2D eigenvalue weighted by Gasteiger charge is 2.29. The Labute approximate surface area is 111 Å². The van der Waals surface area contributed by atoms with Gasteiger partial charge >= 0.3 is 0 Å². The van der Waals surface area contributed by atoms with Crippen molar-refractivity contribution < 1.29 is 18.0 Å². The Hall–Kier alpha value is -2.29. The van der Waals surface area contributed by atoms with Crippen molar-refractivity contribution >= 4 is 17.0 Å². The first-order valence-electron chi connectivity index (χ1n) is 5.68. The van der Waals surface area contributed by atoms with Crippen LogP contribution in [0.3, 0.4) is 0 Å². The average Bonchev–Trinajstić information content (AvgIpc) is 2.74. The number of nitrogens with zero attached hydrogens (tertiary/aromatic N) is 1. The first-order chi connectivity index (χ1) is 9.35. The number of halogens is 2. The third-order valence-corrected chi connectivity index (χ3v) is 2.70. The fourth-order valence-electron chi connectivity index (χ4n) is 1.70. The predicted molar refractivity (Wildman–Crippen MR) is 65.7 cm³/mol. The van der Waals surface area contributed by atoms with E-state index in [0.29, 0.717) is 0 Å². The summed E-state index contributed by atoms with van der Waals surface area (Å²) in [5.41, 5.74) is 4.15. The van der Waals surface area contributed by atoms with Crippen molar-refractivity contribution in [2.45, 2.75) is 12.8 Å². The van der Waals surface area contributed by atoms with Crippen molar-refractivity contribution in [1.29, 1.82) is 0 Å². The van der Waals surface area contributed by atoms with E-state index in [1.807, 2.05) is 5.32 Å². The molecule has 108 valence electrons. The number of carbonyl (C=O) groups is 1. The van der Waals surface area contributed by atoms with Gasteiger partial charge in [-0.2, -0.15) is 0 Å². The lowest BCUT2D eigenvalue weighted by molar-refractivity contribution is 0.0118. The average molecular weight is 286 g/mol. The monoisotopic (exact) mass is 286 g/mol. The quantitative estimate of drug-likeness (QED) is 0.740. The first kappa shape index (κ1) is 14.1. The SMILES string of the molecule is Cc1oc2nc[nH]c(=O)c2c1C(=O)NCC(F)(F)CN. The molecule has 0 aliphatic rings. The van der Waals surface area contributed by atoms with Gasteiger partial charge in [0.1, 0.15) is 11.1 Å². The molecule has 2 aromatic rings. The maximum absolute atomic E-state index is 13.0. The minimum absolute atomic E-state index is 0.0259. The second-order valence-electron chi connectivity index (χ2n) is 4.19. The fraction of sp³-hybridized carbons (Fsp3) is 0.364. The molecule has 9 heteroatoms. The van der Waals surface area contributed by atoms with Crippen molar-refractivity contribution in [1.82, 2.24) is 15.3 Å². The molecule has 0 saturated carbocycles. The predicted octanol–water partition coefficient (Wildman–Crippen LogP) is 0.148. The number of rotatable bonds is 4. The number of aromatic amines is 1. The van der Waals surface area contributed by atoms with Gasteiger partial charge < -0.3 is 20.5 Å². The third-order valence-electron chi connectivity index (χ3n) is 2.70. The lowest BCUT2D eigenvalue weighted by atomic mass is 10.1. The number of nitrogens with two attached hydrogens (primary N) is 1. The van der Waals surface area contributed by atoms with E-state index >= 15 is 0 Å². The van der Waals surface area contributed by atoms with Crippen molar-refractivity contribution in [3.05, 3.63) is 28.0 Å². The number of amides is 1. The van der Waals surface area contributed by atoms with Crippen LogP contribution in [-0.4, -0.2) is 34.9 Å². The summed E-state index contributed by atoms with van der Waals surface area (Å²) in [4.78, 5) is 29.7. The van der Waals surface area contributed by atoms with Gasteiger partial charge in [-0.1, -0.05) is 0 Å². The van der Waals surface area contributed by atoms with Crippen LogP contribution in [0.1, 0.15) is 16.1 Å². The van der Waals surface area contributed by atoms with Crippen molar-refractivity contribution in [2.24, 2.45) is 5.73 Å². The molecule has 1 amide bonds. The number of hydrogen-bond acceptors (Lipinski definition) is 5. The highest BCUT2D eigenvalue weighted by atomic mass is 19.3. The number of hydrogen-bond donors (Lipinski definition) is 3. The number of nitrogens with one attached hydrogen (secondary N) is 2. The standard InChI is InChI=1S/C11H12F2N4O3/c1-5-6(8(18)15-3-11(12,13)2-14)7-9(19)16-4-17-10(7)20-5/h4H,2-3,14H2,1H3,(H,15,18)(H,16,17,19). The Morgan fingerprint density at radius 1 is 1.60 bits per heavy atom. The summed E-state index contributed by atoms with van der Waals surface area (Å²) >= 11 is 0. The molecule has 4 N–H and O–H groups in total. The molecule has 2 rings (SSSR count). The van der Waals surface area contributed by atoms with Gasteiger partial charge in [-0.25, -0.2) is 13.8 Å². The molecule has 0 fully saturated rings. The van der Waals surface area contributed by atoms with Crippen LogP contribution in [0.4, 0.5) is 8.78 Å². The van der Waals surface area contributed by atoms with Crippen LogP contribution < -0.4 is 16.6 Å². The van der Waals surface area contributed by atoms with Crippen LogP contribution in [0.15, 0.2) is 15.5 Å². The van der Waals surface area contributed by atoms with Gasteiger partial charge in [0, 0.05) is 0 Å². The molecular weight excluding hydrogens is 274 g/mol. The molecule has 0 aliphatic heterocycles. The number of aryl methyl sites for hydroxylation is 1. The number of alkyl halides is 2. The smallest absolute Gasteiger partial charge is 0.277 e. The number of aromatic nitrogens is 2. The summed E-state index contributed by atoms with van der Waals surface area (Å²) in [5, 5.41) is 1.96. The topological polar surface area (TPSA) is 114 Å². The second kappa shape index (κ2) is 5.00. The van der Waals surface area contributed by atoms with Crippen LogP contribution in [0.5, 0.6) is 0 Å². The summed E-state index contributed by atoms with van der Waals surface area (Å²) in [6, 6.07) is 0. The van der Waals surface area contributed by atoms with Crippen LogP contribution in [-0.2, 0) is 0 Å². The van der Waals surface area contributed by atoms with Crippen LogP contribution in [0.25, 0.3) is 11.1 Å². The summed E-state index contributed by atoms with van der Waals surface area (Å²) in [6.45, 7) is -0.371. The Bertz CT molecular complexity index is 707. The molecular formula is C11H12F2N4O3. The fourth-order valence-corrected chi connectivity index (χ4v) is 1.70. The molecule has 0 bridgehead atoms. The molecule has 0 atom stereocenters. The number of fused-ring (bicyclic) bond motifs is 1. The van der Waals surface area contributed by atoms with Gasteiger partial charge in [0.15, 0.2) is 0 Å². The molecule has 0 radical (unpaired) electrons. The Balaban J connectivity index is 2.36. The minimum atomic E-state index is -3.21. The highest BCUT2D eigenvalue weighted by molar-refractivity contribution is 6.06. The number of carbonyl (C=O) groups excluding carboxylic acids is 1. The summed E-state index contributed by atoms with van der Waals surface area (Å²) in [6.07, 6.45) is 1.12. The summed E-state index contributed by atoms with van der Waals surface area (Å²) in [7, 11) is 0. The zero-order valence-electron chi connectivity index (χ0n) is 10.5. The lowest BCUT2D eigenvalue weighted by Gasteiger charge is -2.14. The van der Waals surface area contributed by atoms with E-state index in [1.54, 1.807) is 0 Å². The molecule has 7 nitrogen and oxygen atoms in total. The zero-order chi connectivity index (χ0) is 14.9. The van der Waals surface area contributed by atoms with Gasteiger partial charge in [0.2, 0.25) is 5.71 Å². The maximum atomic E-state index is 13.0. The van der Waals surface area contributed by atoms with Crippen molar-refractivity contribution in [2.75, 3.05) is 13.1 Å². The van der Waals surface area contributed by atoms with Gasteiger partial charge in [0.25, 0.3) is 17.4 Å². The maximum Gasteiger partial charge on any atom is 0.277 e. The van der Waals surface area contributed by atoms with E-state index in [2.05, 4.69) is 9.97 Å². The molecule has 0 unspecified atom stereocenters. The normalized spacial score (nSPS) is 11.8. The van der Waals surface area contributed by atoms with Gasteiger partial charge in [0.05, 0.1) is 25.0 Å². The van der Waals surface area contributed by atoms with Crippen LogP contribution in [0, 0.1) is 6.92 Å². The molecule has 0 aliphatic carbocycles. The van der Waals surface area contributed by atoms with Gasteiger partial charge in [-0.3, -0.25) is 9.59 Å². The molecule has 0 saturated heterocycles. The highest BCUT2D eigenvalue weighted by Crippen LogP contribution is 2.20. The molecule has 0 spiro atoms. The summed E-state index contributed by atoms with van der Waals surface area (Å²) in [5.74, 6) is -3.93. The van der Waals surface area contributed by atoms with Crippen molar-refractivity contribution in [3.63, 3.8) is 0 Å². The zero-order valence-corrected chi connectivity index (χ0v) is 10.5. The van der Waals surface area contributed by atoms with E-state index in [9.17, 15) is 18.4 Å². The van der Waals surface area contributed by atoms with Gasteiger partial charge in [-0.05, 0) is 6.92 Å². The van der Waals surface area contributed by atoms with Crippen LogP contribution >= 0.6 is 0 Å². The largest absolute Gasteiger partial charge is 0.442 e. The number of H-pyrrole nitrogens is 1. The summed E-state index contributed by atoms with van der Waals surface area (Å²) < 4.78 is 31.2. The Morgan fingerprint density at radius 3 is 2.95 bits per heavy atom.